The summed E-state index contributed by atoms with van der Waals surface area (Å²) in [6, 6.07) is -0.230. The first kappa shape index (κ1) is 17.7. The monoisotopic (exact) mass is 357 g/mol. The van der Waals surface area contributed by atoms with Crippen molar-refractivity contribution in [1.29, 1.82) is 0 Å². The Labute approximate surface area is 143 Å². The summed E-state index contributed by atoms with van der Waals surface area (Å²) in [5.41, 5.74) is 0. The summed E-state index contributed by atoms with van der Waals surface area (Å²) in [5, 5.41) is 0. The summed E-state index contributed by atoms with van der Waals surface area (Å²) in [4.78, 5) is 30.9. The summed E-state index contributed by atoms with van der Waals surface area (Å²) < 4.78 is 23.2. The minimum absolute atomic E-state index is 0.0551. The predicted molar refractivity (Wildman–Crippen MR) is 90.1 cm³/mol. The molecule has 3 aliphatic rings. The second kappa shape index (κ2) is 6.63. The molecule has 3 atom stereocenters. The van der Waals surface area contributed by atoms with E-state index in [-0.39, 0.29) is 41.2 Å². The molecule has 2 saturated heterocycles. The fourth-order valence-electron chi connectivity index (χ4n) is 3.78. The van der Waals surface area contributed by atoms with Crippen molar-refractivity contribution in [2.45, 2.75) is 25.8 Å². The summed E-state index contributed by atoms with van der Waals surface area (Å²) >= 11 is 0. The van der Waals surface area contributed by atoms with Crippen LogP contribution in [0.4, 0.5) is 0 Å². The normalized spacial score (nSPS) is 32.6. The second-order valence-corrected chi connectivity index (χ2v) is 9.44. The van der Waals surface area contributed by atoms with Crippen molar-refractivity contribution in [1.82, 2.24) is 14.7 Å². The molecule has 0 aromatic rings. The second-order valence-electron chi connectivity index (χ2n) is 7.21. The van der Waals surface area contributed by atoms with Gasteiger partial charge in [-0.3, -0.25) is 9.59 Å². The Morgan fingerprint density at radius 3 is 2.33 bits per heavy atom. The van der Waals surface area contributed by atoms with Gasteiger partial charge in [-0.15, -0.1) is 0 Å². The molecule has 0 aromatic heterocycles. The van der Waals surface area contributed by atoms with Crippen LogP contribution in [0.3, 0.4) is 0 Å². The average molecular weight is 357 g/mol. The fraction of sp³-hybridized carbons (Fsp3) is 0.875. The maximum Gasteiger partial charge on any atom is 0.226 e. The van der Waals surface area contributed by atoms with Gasteiger partial charge < -0.3 is 14.7 Å². The molecule has 0 spiro atoms. The molecule has 8 heteroatoms. The number of carbonyl (C=O) groups excluding carboxylic acids is 2. The van der Waals surface area contributed by atoms with E-state index in [0.29, 0.717) is 12.8 Å². The van der Waals surface area contributed by atoms with Crippen LogP contribution in [-0.4, -0.2) is 92.3 Å². The third-order valence-electron chi connectivity index (χ3n) is 5.66. The van der Waals surface area contributed by atoms with Gasteiger partial charge in [0.1, 0.15) is 0 Å². The van der Waals surface area contributed by atoms with Crippen molar-refractivity contribution in [3.63, 3.8) is 0 Å². The van der Waals surface area contributed by atoms with Gasteiger partial charge in [0.15, 0.2) is 9.84 Å². The number of hydrogen-bond donors (Lipinski definition) is 0. The molecule has 2 aliphatic heterocycles. The molecule has 136 valence electrons. The Bertz CT molecular complexity index is 613. The summed E-state index contributed by atoms with van der Waals surface area (Å²) in [6.45, 7) is 6.39. The molecule has 0 N–H and O–H groups in total. The van der Waals surface area contributed by atoms with Crippen molar-refractivity contribution < 1.29 is 18.0 Å². The van der Waals surface area contributed by atoms with Crippen LogP contribution in [0.2, 0.25) is 0 Å². The van der Waals surface area contributed by atoms with Crippen molar-refractivity contribution in [3.8, 4) is 0 Å². The molecule has 7 nitrogen and oxygen atoms in total. The molecule has 3 fully saturated rings. The molecule has 24 heavy (non-hydrogen) atoms. The van der Waals surface area contributed by atoms with Crippen LogP contribution in [0.25, 0.3) is 0 Å². The van der Waals surface area contributed by atoms with Gasteiger partial charge in [0.2, 0.25) is 11.8 Å². The molecule has 2 amide bonds. The first-order valence-electron chi connectivity index (χ1n) is 8.80. The van der Waals surface area contributed by atoms with Crippen LogP contribution >= 0.6 is 0 Å². The molecule has 2 heterocycles. The molecule has 3 unspecified atom stereocenters. The summed E-state index contributed by atoms with van der Waals surface area (Å²) in [5.74, 6) is -0.218. The molecule has 1 aliphatic carbocycles. The lowest BCUT2D eigenvalue weighted by Crippen LogP contribution is -2.49. The van der Waals surface area contributed by atoms with Gasteiger partial charge in [0.05, 0.1) is 23.3 Å². The number of likely N-dealkylation sites (N-methyl/N-ethyl adjacent to an activating group) is 1. The van der Waals surface area contributed by atoms with Crippen LogP contribution in [0, 0.1) is 11.8 Å². The maximum absolute atomic E-state index is 12.6. The van der Waals surface area contributed by atoms with E-state index < -0.39 is 9.84 Å². The molecular formula is C16H27N3O4S. The minimum atomic E-state index is -3.01. The van der Waals surface area contributed by atoms with Gasteiger partial charge in [-0.1, -0.05) is 6.92 Å². The summed E-state index contributed by atoms with van der Waals surface area (Å²) in [6.07, 6.45) is 1.12. The van der Waals surface area contributed by atoms with E-state index in [1.807, 2.05) is 4.90 Å². The topological polar surface area (TPSA) is 78.0 Å². The van der Waals surface area contributed by atoms with Crippen molar-refractivity contribution in [3.05, 3.63) is 0 Å². The van der Waals surface area contributed by atoms with Crippen molar-refractivity contribution in [2.75, 3.05) is 51.3 Å². The van der Waals surface area contributed by atoms with Crippen molar-refractivity contribution in [2.24, 2.45) is 11.8 Å². The Morgan fingerprint density at radius 2 is 1.79 bits per heavy atom. The number of carbonyl (C=O) groups is 2. The Kier molecular flexibility index (Phi) is 4.88. The highest BCUT2D eigenvalue weighted by atomic mass is 32.2. The zero-order chi connectivity index (χ0) is 17.5. The number of rotatable bonds is 4. The Hall–Kier alpha value is -1.15. The van der Waals surface area contributed by atoms with Gasteiger partial charge in [-0.05, 0) is 19.4 Å². The number of amides is 2. The molecule has 0 bridgehead atoms. The number of nitrogens with zero attached hydrogens (tertiary/aromatic N) is 3. The zero-order valence-electron chi connectivity index (χ0n) is 14.5. The third-order valence-corrected chi connectivity index (χ3v) is 7.41. The van der Waals surface area contributed by atoms with Gasteiger partial charge in [0.25, 0.3) is 0 Å². The lowest BCUT2D eigenvalue weighted by molar-refractivity contribution is -0.139. The Morgan fingerprint density at radius 1 is 1.12 bits per heavy atom. The van der Waals surface area contributed by atoms with E-state index in [9.17, 15) is 18.0 Å². The third kappa shape index (κ3) is 3.59. The van der Waals surface area contributed by atoms with E-state index in [1.54, 1.807) is 11.9 Å². The van der Waals surface area contributed by atoms with Gasteiger partial charge >= 0.3 is 0 Å². The highest BCUT2D eigenvalue weighted by molar-refractivity contribution is 7.91. The quantitative estimate of drug-likeness (QED) is 0.673. The maximum atomic E-state index is 12.6. The largest absolute Gasteiger partial charge is 0.341 e. The number of sulfone groups is 1. The summed E-state index contributed by atoms with van der Waals surface area (Å²) in [7, 11) is -1.33. The van der Waals surface area contributed by atoms with E-state index in [0.717, 1.165) is 32.7 Å². The number of hydrogen-bond acceptors (Lipinski definition) is 5. The zero-order valence-corrected chi connectivity index (χ0v) is 15.3. The molecule has 3 rings (SSSR count). The van der Waals surface area contributed by atoms with E-state index in [4.69, 9.17) is 0 Å². The van der Waals surface area contributed by atoms with Crippen LogP contribution in [0.15, 0.2) is 0 Å². The van der Waals surface area contributed by atoms with Crippen LogP contribution in [0.5, 0.6) is 0 Å². The molecule has 1 saturated carbocycles. The van der Waals surface area contributed by atoms with Crippen LogP contribution in [-0.2, 0) is 19.4 Å². The number of piperazine rings is 1. The lowest BCUT2D eigenvalue weighted by Gasteiger charge is -2.34. The highest BCUT2D eigenvalue weighted by Crippen LogP contribution is 2.42. The average Bonchev–Trinajstić information content (AvgIpc) is 3.29. The van der Waals surface area contributed by atoms with Gasteiger partial charge in [0, 0.05) is 39.3 Å². The molecule has 0 radical (unpaired) electrons. The smallest absolute Gasteiger partial charge is 0.226 e. The first-order valence-corrected chi connectivity index (χ1v) is 10.6. The first-order chi connectivity index (χ1) is 11.3. The van der Waals surface area contributed by atoms with Crippen LogP contribution in [0.1, 0.15) is 19.8 Å². The van der Waals surface area contributed by atoms with Crippen molar-refractivity contribution >= 4 is 21.7 Å². The predicted octanol–water partition coefficient (Wildman–Crippen LogP) is -0.568. The van der Waals surface area contributed by atoms with Crippen LogP contribution < -0.4 is 0 Å². The standard InChI is InChI=1S/C16H27N3O4S/c1-3-18-5-7-19(8-6-18)16(21)14-10-13(14)15(20)17(2)12-4-9-24(22,23)11-12/h12-14H,3-11H2,1-2H3. The highest BCUT2D eigenvalue weighted by Gasteiger charge is 2.51. The molecular weight excluding hydrogens is 330 g/mol. The SMILES string of the molecule is CCN1CCN(C(=O)C2CC2C(=O)N(C)C2CCS(=O)(=O)C2)CC1. The van der Waals surface area contributed by atoms with E-state index in [2.05, 4.69) is 11.8 Å². The minimum Gasteiger partial charge on any atom is -0.341 e. The fourth-order valence-corrected chi connectivity index (χ4v) is 5.56. The van der Waals surface area contributed by atoms with E-state index >= 15 is 0 Å². The Balaban J connectivity index is 1.51. The van der Waals surface area contributed by atoms with Gasteiger partial charge in [-0.2, -0.15) is 0 Å². The lowest BCUT2D eigenvalue weighted by atomic mass is 10.2. The van der Waals surface area contributed by atoms with Gasteiger partial charge in [-0.25, -0.2) is 8.42 Å². The molecule has 0 aromatic carbocycles. The van der Waals surface area contributed by atoms with E-state index in [1.165, 1.54) is 0 Å².